The number of aromatic nitrogens is 2. The number of carbonyl (C=O) groups excluding carboxylic acids is 2. The van der Waals surface area contributed by atoms with Gasteiger partial charge in [-0.15, -0.1) is 0 Å². The van der Waals surface area contributed by atoms with Crippen LogP contribution < -0.4 is 0 Å². The molecule has 3 rings (SSSR count). The van der Waals surface area contributed by atoms with Gasteiger partial charge in [-0.3, -0.25) is 9.89 Å². The van der Waals surface area contributed by atoms with Gasteiger partial charge in [0, 0.05) is 29.8 Å². The molecule has 1 fully saturated rings. The monoisotopic (exact) mass is 415 g/mol. The Hall–Kier alpha value is -2.58. The first-order valence-corrected chi connectivity index (χ1v) is 10.3. The molecule has 0 saturated carbocycles. The molecule has 1 aromatic carbocycles. The molecule has 0 bridgehead atoms. The number of nitrogens with one attached hydrogen (secondary N) is 1. The molecule has 154 valence electrons. The van der Waals surface area contributed by atoms with Crippen molar-refractivity contribution in [3.05, 3.63) is 65.5 Å². The number of hydrogen-bond donors (Lipinski definition) is 2. The average Bonchev–Trinajstić information content (AvgIpc) is 3.30. The molecule has 2 aromatic rings. The molecule has 0 radical (unpaired) electrons. The largest absolute Gasteiger partial charge is 0.445 e. The number of aliphatic hydroxyl groups excluding tert-OH is 1. The SMILES string of the molecule is C=CCOC(=O)N1C[C@@H](SC(=O)c2ccccc2)C[C@H]1Cc1n[nH]c(CO)c1C. The number of amides is 1. The molecule has 1 aliphatic rings. The maximum Gasteiger partial charge on any atom is 0.410 e. The maximum absolute atomic E-state index is 12.6. The fourth-order valence-corrected chi connectivity index (χ4v) is 4.56. The molecule has 1 amide bonds. The smallest absolute Gasteiger partial charge is 0.410 e. The van der Waals surface area contributed by atoms with Gasteiger partial charge in [0.1, 0.15) is 6.61 Å². The second-order valence-electron chi connectivity index (χ2n) is 6.94. The Morgan fingerprint density at radius 1 is 1.41 bits per heavy atom. The summed E-state index contributed by atoms with van der Waals surface area (Å²) in [5.74, 6) is 0. The lowest BCUT2D eigenvalue weighted by Crippen LogP contribution is -2.37. The van der Waals surface area contributed by atoms with E-state index >= 15 is 0 Å². The fourth-order valence-electron chi connectivity index (χ4n) is 3.44. The summed E-state index contributed by atoms with van der Waals surface area (Å²) in [7, 11) is 0. The van der Waals surface area contributed by atoms with Gasteiger partial charge >= 0.3 is 6.09 Å². The van der Waals surface area contributed by atoms with Crippen LogP contribution in [-0.4, -0.2) is 55.9 Å². The van der Waals surface area contributed by atoms with E-state index in [1.165, 1.54) is 17.8 Å². The molecule has 0 unspecified atom stereocenters. The number of H-pyrrole nitrogens is 1. The predicted molar refractivity (Wildman–Crippen MR) is 112 cm³/mol. The van der Waals surface area contributed by atoms with Crippen LogP contribution in [0, 0.1) is 6.92 Å². The standard InChI is InChI=1S/C21H25N3O4S/c1-3-9-28-21(27)24-12-17(29-20(26)15-7-5-4-6-8-15)10-16(24)11-18-14(2)19(13-25)23-22-18/h3-8,16-17,25H,1,9-13H2,2H3,(H,22,23)/t16-,17-/m0/s1. The second kappa shape index (κ2) is 9.76. The van der Waals surface area contributed by atoms with Gasteiger partial charge in [-0.25, -0.2) is 4.79 Å². The number of carbonyl (C=O) groups is 2. The van der Waals surface area contributed by atoms with E-state index in [4.69, 9.17) is 4.74 Å². The summed E-state index contributed by atoms with van der Waals surface area (Å²) in [5, 5.41) is 16.5. The van der Waals surface area contributed by atoms with Gasteiger partial charge in [0.25, 0.3) is 0 Å². The van der Waals surface area contributed by atoms with E-state index in [2.05, 4.69) is 16.8 Å². The summed E-state index contributed by atoms with van der Waals surface area (Å²) in [6.07, 6.45) is 2.30. The number of hydrogen-bond acceptors (Lipinski definition) is 6. The molecule has 1 aliphatic heterocycles. The Kier molecular flexibility index (Phi) is 7.11. The molecular formula is C21H25N3O4S. The molecule has 2 heterocycles. The molecule has 0 aliphatic carbocycles. The number of likely N-dealkylation sites (tertiary alicyclic amines) is 1. The molecule has 7 nitrogen and oxygen atoms in total. The normalized spacial score (nSPS) is 18.6. The zero-order chi connectivity index (χ0) is 20.8. The van der Waals surface area contributed by atoms with E-state index in [9.17, 15) is 14.7 Å². The summed E-state index contributed by atoms with van der Waals surface area (Å²) in [6.45, 7) is 5.93. The third-order valence-electron chi connectivity index (χ3n) is 5.02. The summed E-state index contributed by atoms with van der Waals surface area (Å²) in [6, 6.07) is 8.99. The van der Waals surface area contributed by atoms with Gasteiger partial charge in [-0.1, -0.05) is 54.7 Å². The van der Waals surface area contributed by atoms with E-state index in [1.54, 1.807) is 17.0 Å². The highest BCUT2D eigenvalue weighted by atomic mass is 32.2. The minimum Gasteiger partial charge on any atom is -0.445 e. The van der Waals surface area contributed by atoms with E-state index in [-0.39, 0.29) is 29.6 Å². The minimum atomic E-state index is -0.416. The summed E-state index contributed by atoms with van der Waals surface area (Å²) >= 11 is 1.26. The minimum absolute atomic E-state index is 0.00539. The van der Waals surface area contributed by atoms with Crippen LogP contribution in [0.15, 0.2) is 43.0 Å². The van der Waals surface area contributed by atoms with Gasteiger partial charge in [0.2, 0.25) is 5.12 Å². The topological polar surface area (TPSA) is 95.5 Å². The Bertz CT molecular complexity index is 868. The number of thioether (sulfide) groups is 1. The van der Waals surface area contributed by atoms with Crippen LogP contribution >= 0.6 is 11.8 Å². The van der Waals surface area contributed by atoms with Crippen molar-refractivity contribution in [1.29, 1.82) is 0 Å². The quantitative estimate of drug-likeness (QED) is 0.675. The van der Waals surface area contributed by atoms with Crippen LogP contribution in [0.5, 0.6) is 0 Å². The Labute approximate surface area is 174 Å². The van der Waals surface area contributed by atoms with Crippen molar-refractivity contribution in [2.75, 3.05) is 13.2 Å². The fraction of sp³-hybridized carbons (Fsp3) is 0.381. The second-order valence-corrected chi connectivity index (χ2v) is 8.21. The third kappa shape index (κ3) is 5.07. The number of aromatic amines is 1. The zero-order valence-electron chi connectivity index (χ0n) is 16.3. The van der Waals surface area contributed by atoms with Gasteiger partial charge in [-0.2, -0.15) is 5.10 Å². The molecule has 2 atom stereocenters. The maximum atomic E-state index is 12.6. The first-order chi connectivity index (χ1) is 14.0. The Balaban J connectivity index is 1.72. The predicted octanol–water partition coefficient (Wildman–Crippen LogP) is 3.09. The first kappa shape index (κ1) is 21.1. The lowest BCUT2D eigenvalue weighted by molar-refractivity contribution is 0.107. The van der Waals surface area contributed by atoms with Crippen molar-refractivity contribution in [1.82, 2.24) is 15.1 Å². The van der Waals surface area contributed by atoms with Gasteiger partial charge in [0.05, 0.1) is 18.0 Å². The first-order valence-electron chi connectivity index (χ1n) is 9.47. The molecule has 0 spiro atoms. The molecule has 2 N–H and O–H groups in total. The van der Waals surface area contributed by atoms with Gasteiger partial charge in [-0.05, 0) is 18.9 Å². The Morgan fingerprint density at radius 3 is 2.83 bits per heavy atom. The molecule has 1 saturated heterocycles. The highest BCUT2D eigenvalue weighted by molar-refractivity contribution is 8.14. The van der Waals surface area contributed by atoms with E-state index < -0.39 is 6.09 Å². The van der Waals surface area contributed by atoms with Crippen molar-refractivity contribution in [2.45, 2.75) is 37.7 Å². The van der Waals surface area contributed by atoms with Crippen molar-refractivity contribution in [3.63, 3.8) is 0 Å². The number of aliphatic hydroxyl groups is 1. The van der Waals surface area contributed by atoms with Crippen molar-refractivity contribution in [2.24, 2.45) is 0 Å². The zero-order valence-corrected chi connectivity index (χ0v) is 17.2. The molecular weight excluding hydrogens is 390 g/mol. The number of benzene rings is 1. The average molecular weight is 416 g/mol. The van der Waals surface area contributed by atoms with Crippen molar-refractivity contribution < 1.29 is 19.4 Å². The van der Waals surface area contributed by atoms with E-state index in [0.29, 0.717) is 30.6 Å². The number of rotatable bonds is 7. The Morgan fingerprint density at radius 2 is 2.17 bits per heavy atom. The lowest BCUT2D eigenvalue weighted by atomic mass is 10.1. The number of nitrogens with zero attached hydrogens (tertiary/aromatic N) is 2. The number of ether oxygens (including phenoxy) is 1. The molecule has 8 heteroatoms. The lowest BCUT2D eigenvalue weighted by Gasteiger charge is -2.23. The van der Waals surface area contributed by atoms with E-state index in [1.807, 2.05) is 25.1 Å². The van der Waals surface area contributed by atoms with Crippen LogP contribution in [0.2, 0.25) is 0 Å². The third-order valence-corrected chi connectivity index (χ3v) is 6.14. The van der Waals surface area contributed by atoms with Gasteiger partial charge in [0.15, 0.2) is 0 Å². The molecule has 29 heavy (non-hydrogen) atoms. The van der Waals surface area contributed by atoms with Crippen LogP contribution in [-0.2, 0) is 17.8 Å². The summed E-state index contributed by atoms with van der Waals surface area (Å²) < 4.78 is 5.24. The summed E-state index contributed by atoms with van der Waals surface area (Å²) in [5.41, 5.74) is 3.02. The van der Waals surface area contributed by atoms with Crippen LogP contribution in [0.3, 0.4) is 0 Å². The van der Waals surface area contributed by atoms with Gasteiger partial charge < -0.3 is 14.7 Å². The highest BCUT2D eigenvalue weighted by Gasteiger charge is 2.38. The van der Waals surface area contributed by atoms with Crippen LogP contribution in [0.25, 0.3) is 0 Å². The van der Waals surface area contributed by atoms with Crippen LogP contribution in [0.4, 0.5) is 4.79 Å². The van der Waals surface area contributed by atoms with Crippen molar-refractivity contribution >= 4 is 23.0 Å². The van der Waals surface area contributed by atoms with E-state index in [0.717, 1.165) is 11.3 Å². The summed E-state index contributed by atoms with van der Waals surface area (Å²) in [4.78, 5) is 26.8. The van der Waals surface area contributed by atoms with Crippen LogP contribution in [0.1, 0.15) is 33.7 Å². The highest BCUT2D eigenvalue weighted by Crippen LogP contribution is 2.32. The van der Waals surface area contributed by atoms with Crippen molar-refractivity contribution in [3.8, 4) is 0 Å². The molecule has 1 aromatic heterocycles.